The van der Waals surface area contributed by atoms with Crippen molar-refractivity contribution in [1.82, 2.24) is 0 Å². The molecule has 0 spiro atoms. The van der Waals surface area contributed by atoms with E-state index in [1.165, 1.54) is 31.3 Å². The molecule has 0 radical (unpaired) electrons. The number of hydrogen-bond acceptors (Lipinski definition) is 8. The minimum Gasteiger partial charge on any atom is -0.726 e. The van der Waals surface area contributed by atoms with Gasteiger partial charge < -0.3 is 9.11 Å². The fraction of sp³-hybridized carbons (Fsp3) is 0.857. The van der Waals surface area contributed by atoms with Gasteiger partial charge >= 0.3 is 59.1 Å². The van der Waals surface area contributed by atoms with Crippen LogP contribution in [0.4, 0.5) is 0 Å². The Hall–Kier alpha value is 1.22. The molecule has 0 aromatic carbocycles. The maximum absolute atomic E-state index is 11.5. The minimum absolute atomic E-state index is 0. The van der Waals surface area contributed by atoms with Gasteiger partial charge in [0, 0.05) is 5.41 Å². The molecule has 4 aliphatic rings. The second kappa shape index (κ2) is 13.3. The van der Waals surface area contributed by atoms with Crippen LogP contribution in [0.1, 0.15) is 99.3 Å². The van der Waals surface area contributed by atoms with Crippen LogP contribution in [0.3, 0.4) is 0 Å². The van der Waals surface area contributed by atoms with Crippen molar-refractivity contribution in [2.24, 2.45) is 39.9 Å². The van der Waals surface area contributed by atoms with E-state index in [9.17, 15) is 25.9 Å². The van der Waals surface area contributed by atoms with Gasteiger partial charge in [-0.25, -0.2) is 16.8 Å². The standard InChI is InChI=1S/C28H46O8S2.2Na/c1-18(2)8-7-9-19(3)21-12-14-28(6)23-11-10-20-16-24(35-37(29,30)31)25(36-38(32,33)34)17-26(20,4)22(23)13-15-27(21,28)5;;/h10,13,18-19,21,23-25H,7-9,11-12,14-17H2,1-6H3,(H,29,30,31)(H,32,33,34);;/q;2*+1/p-2/t19-,21-,23-,24+,25+,26+,27-,28+;;/m1../s1. The van der Waals surface area contributed by atoms with Gasteiger partial charge in [-0.15, -0.1) is 0 Å². The molecule has 0 aromatic heterocycles. The molecule has 0 aliphatic heterocycles. The average molecular weight is 619 g/mol. The van der Waals surface area contributed by atoms with Crippen molar-refractivity contribution in [3.05, 3.63) is 23.3 Å². The third-order valence-electron chi connectivity index (χ3n) is 11.0. The number of rotatable bonds is 9. The third kappa shape index (κ3) is 7.36. The van der Waals surface area contributed by atoms with Gasteiger partial charge in [0.05, 0.1) is 0 Å². The molecule has 0 aromatic rings. The molecule has 0 saturated heterocycles. The summed E-state index contributed by atoms with van der Waals surface area (Å²) in [6, 6.07) is 0. The van der Waals surface area contributed by atoms with E-state index >= 15 is 0 Å². The van der Waals surface area contributed by atoms with Crippen molar-refractivity contribution >= 4 is 20.8 Å². The van der Waals surface area contributed by atoms with Crippen LogP contribution in [0.2, 0.25) is 0 Å². The molecule has 0 unspecified atom stereocenters. The molecule has 2 fully saturated rings. The van der Waals surface area contributed by atoms with E-state index in [1.807, 2.05) is 6.92 Å². The van der Waals surface area contributed by atoms with Crippen molar-refractivity contribution in [3.63, 3.8) is 0 Å². The first-order chi connectivity index (χ1) is 17.4. The van der Waals surface area contributed by atoms with Crippen molar-refractivity contribution in [2.45, 2.75) is 112 Å². The first-order valence-electron chi connectivity index (χ1n) is 14.1. The van der Waals surface area contributed by atoms with E-state index in [0.717, 1.165) is 30.8 Å². The molecule has 12 heteroatoms. The Balaban J connectivity index is 0.00000280. The Morgan fingerprint density at radius 1 is 0.925 bits per heavy atom. The van der Waals surface area contributed by atoms with E-state index in [0.29, 0.717) is 11.8 Å². The molecule has 218 valence electrons. The number of allylic oxidation sites excluding steroid dienone is 3. The molecule has 2 saturated carbocycles. The molecule has 4 rings (SSSR count). The van der Waals surface area contributed by atoms with Crippen LogP contribution < -0.4 is 59.1 Å². The summed E-state index contributed by atoms with van der Waals surface area (Å²) in [7, 11) is -10.3. The molecule has 0 heterocycles. The molecule has 8 nitrogen and oxygen atoms in total. The maximum atomic E-state index is 11.5. The van der Waals surface area contributed by atoms with Gasteiger partial charge in [-0.1, -0.05) is 84.1 Å². The van der Waals surface area contributed by atoms with Gasteiger partial charge in [-0.05, 0) is 73.0 Å². The van der Waals surface area contributed by atoms with Gasteiger partial charge in [0.1, 0.15) is 12.2 Å². The first-order valence-corrected chi connectivity index (χ1v) is 16.7. The summed E-state index contributed by atoms with van der Waals surface area (Å²) in [6.45, 7) is 13.9. The van der Waals surface area contributed by atoms with Crippen LogP contribution in [0.25, 0.3) is 0 Å². The molecular weight excluding hydrogens is 574 g/mol. The summed E-state index contributed by atoms with van der Waals surface area (Å²) >= 11 is 0. The third-order valence-corrected chi connectivity index (χ3v) is 12.0. The second-order valence-corrected chi connectivity index (χ2v) is 15.5. The van der Waals surface area contributed by atoms with Crippen molar-refractivity contribution in [2.75, 3.05) is 0 Å². The van der Waals surface area contributed by atoms with E-state index in [1.54, 1.807) is 0 Å². The first kappa shape index (κ1) is 37.4. The number of fused-ring (bicyclic) bond motifs is 5. The monoisotopic (exact) mass is 618 g/mol. The summed E-state index contributed by atoms with van der Waals surface area (Å²) in [5.41, 5.74) is 1.75. The molecule has 4 aliphatic carbocycles. The van der Waals surface area contributed by atoms with E-state index in [2.05, 4.69) is 51.0 Å². The van der Waals surface area contributed by atoms with Gasteiger partial charge in [-0.3, -0.25) is 8.37 Å². The van der Waals surface area contributed by atoms with Gasteiger partial charge in [0.2, 0.25) is 20.8 Å². The van der Waals surface area contributed by atoms with Crippen LogP contribution in [-0.4, -0.2) is 38.1 Å². The van der Waals surface area contributed by atoms with E-state index in [-0.39, 0.29) is 88.7 Å². The van der Waals surface area contributed by atoms with Crippen LogP contribution in [0, 0.1) is 39.9 Å². The Bertz CT molecular complexity index is 1200. The van der Waals surface area contributed by atoms with Crippen molar-refractivity contribution in [3.8, 4) is 0 Å². The zero-order valence-electron chi connectivity index (χ0n) is 25.6. The maximum Gasteiger partial charge on any atom is 1.00 e. The predicted molar refractivity (Wildman–Crippen MR) is 142 cm³/mol. The Labute approximate surface area is 286 Å². The van der Waals surface area contributed by atoms with Crippen LogP contribution >= 0.6 is 0 Å². The normalized spacial score (nSPS) is 38.1. The zero-order valence-corrected chi connectivity index (χ0v) is 31.2. The van der Waals surface area contributed by atoms with Gasteiger partial charge in [0.25, 0.3) is 0 Å². The van der Waals surface area contributed by atoms with Gasteiger partial charge in [0.15, 0.2) is 0 Å². The largest absolute Gasteiger partial charge is 1.00 e. The van der Waals surface area contributed by atoms with Crippen LogP contribution in [0.5, 0.6) is 0 Å². The minimum atomic E-state index is -5.14. The number of hydrogen-bond donors (Lipinski definition) is 0. The van der Waals surface area contributed by atoms with E-state index < -0.39 is 38.4 Å². The topological polar surface area (TPSA) is 133 Å². The summed E-state index contributed by atoms with van der Waals surface area (Å²) in [5, 5.41) is 0. The molecule has 0 N–H and O–H groups in total. The molecule has 0 bridgehead atoms. The Morgan fingerprint density at radius 3 is 2.10 bits per heavy atom. The Kier molecular flexibility index (Phi) is 12.4. The van der Waals surface area contributed by atoms with Crippen LogP contribution in [0.15, 0.2) is 23.3 Å². The van der Waals surface area contributed by atoms with Gasteiger partial charge in [-0.2, -0.15) is 0 Å². The SMILES string of the molecule is CC(C)CCC[C@@H](C)[C@H]1CC[C@@]2(C)[C@@H]3CC=C4C[C@H](OS(=O)(=O)[O-])[C@@H](OS(=O)(=O)[O-])C[C@]4(C)C3=CC[C@]12C.[Na+].[Na+]. The molecule has 0 amide bonds. The fourth-order valence-electron chi connectivity index (χ4n) is 8.81. The summed E-state index contributed by atoms with van der Waals surface area (Å²) in [4.78, 5) is 0. The van der Waals surface area contributed by atoms with Crippen LogP contribution in [-0.2, 0) is 29.2 Å². The Morgan fingerprint density at radius 2 is 1.52 bits per heavy atom. The molecular formula is C28H44Na2O8S2. The van der Waals surface area contributed by atoms with Crippen molar-refractivity contribution < 1.29 is 93.4 Å². The smallest absolute Gasteiger partial charge is 0.726 e. The molecule has 40 heavy (non-hydrogen) atoms. The second-order valence-electron chi connectivity index (χ2n) is 13.5. The average Bonchev–Trinajstić information content (AvgIpc) is 3.03. The summed E-state index contributed by atoms with van der Waals surface area (Å²) < 4.78 is 78.2. The zero-order chi connectivity index (χ0) is 28.3. The van der Waals surface area contributed by atoms with E-state index in [4.69, 9.17) is 4.18 Å². The quantitative estimate of drug-likeness (QED) is 0.148. The summed E-state index contributed by atoms with van der Waals surface area (Å²) in [6.07, 6.45) is 9.63. The fourth-order valence-corrected chi connectivity index (χ4v) is 9.80. The molecule has 8 atom stereocenters. The predicted octanol–water partition coefficient (Wildman–Crippen LogP) is -0.353. The summed E-state index contributed by atoms with van der Waals surface area (Å²) in [5.74, 6) is 2.24. The van der Waals surface area contributed by atoms with Crippen molar-refractivity contribution in [1.29, 1.82) is 0 Å².